The summed E-state index contributed by atoms with van der Waals surface area (Å²) in [5.74, 6) is -2.79. The van der Waals surface area contributed by atoms with E-state index in [1.54, 1.807) is 13.0 Å². The number of aromatic carboxylic acids is 1. The van der Waals surface area contributed by atoms with Crippen LogP contribution in [0.2, 0.25) is 0 Å². The summed E-state index contributed by atoms with van der Waals surface area (Å²) in [5, 5.41) is 27.1. The predicted molar refractivity (Wildman–Crippen MR) is 101 cm³/mol. The molecule has 1 heterocycles. The number of hydrogen-bond donors (Lipinski definition) is 2. The maximum Gasteiger partial charge on any atom is 0.356 e. The predicted octanol–water partition coefficient (Wildman–Crippen LogP) is 3.57. The lowest BCUT2D eigenvalue weighted by atomic mass is 10.1. The van der Waals surface area contributed by atoms with Crippen molar-refractivity contribution in [1.82, 2.24) is 9.78 Å². The zero-order chi connectivity index (χ0) is 21.1. The smallest absolute Gasteiger partial charge is 0.356 e. The van der Waals surface area contributed by atoms with Gasteiger partial charge in [-0.1, -0.05) is 18.2 Å². The summed E-state index contributed by atoms with van der Waals surface area (Å²) in [6, 6.07) is 10.6. The largest absolute Gasteiger partial charge is 0.476 e. The number of nitrogens with one attached hydrogen (secondary N) is 1. The van der Waals surface area contributed by atoms with Crippen LogP contribution < -0.4 is 5.32 Å². The molecule has 0 bridgehead atoms. The number of carbonyl (C=O) groups excluding carboxylic acids is 1. The highest BCUT2D eigenvalue weighted by molar-refractivity contribution is 6.10. The SMILES string of the molecule is CCn1nc(-c2ccccc2F)c(NC(=O)c2cccc([N+](=O)[O-])c2)c1C(=O)O. The van der Waals surface area contributed by atoms with Crippen LogP contribution >= 0.6 is 0 Å². The Hall–Kier alpha value is -4.08. The molecule has 0 atom stereocenters. The highest BCUT2D eigenvalue weighted by Gasteiger charge is 2.27. The number of halogens is 1. The Morgan fingerprint density at radius 2 is 1.97 bits per heavy atom. The lowest BCUT2D eigenvalue weighted by Gasteiger charge is -2.08. The van der Waals surface area contributed by atoms with Crippen LogP contribution in [0, 0.1) is 15.9 Å². The van der Waals surface area contributed by atoms with Crippen molar-refractivity contribution in [3.63, 3.8) is 0 Å². The van der Waals surface area contributed by atoms with Crippen LogP contribution in [0.5, 0.6) is 0 Å². The Morgan fingerprint density at radius 3 is 2.59 bits per heavy atom. The van der Waals surface area contributed by atoms with Crippen LogP contribution in [-0.2, 0) is 6.54 Å². The number of carbonyl (C=O) groups is 2. The minimum atomic E-state index is -1.36. The molecule has 0 aliphatic heterocycles. The molecule has 1 amide bonds. The monoisotopic (exact) mass is 398 g/mol. The number of rotatable bonds is 6. The first-order chi connectivity index (χ1) is 13.8. The second kappa shape index (κ2) is 7.89. The first kappa shape index (κ1) is 19.7. The zero-order valence-electron chi connectivity index (χ0n) is 15.1. The highest BCUT2D eigenvalue weighted by atomic mass is 19.1. The molecule has 0 spiro atoms. The molecule has 3 rings (SSSR count). The van der Waals surface area contributed by atoms with E-state index in [0.717, 1.165) is 10.7 Å². The molecule has 2 N–H and O–H groups in total. The molecule has 0 aliphatic rings. The van der Waals surface area contributed by atoms with Gasteiger partial charge in [-0.15, -0.1) is 0 Å². The number of anilines is 1. The van der Waals surface area contributed by atoms with Crippen molar-refractivity contribution in [2.75, 3.05) is 5.32 Å². The van der Waals surface area contributed by atoms with E-state index in [2.05, 4.69) is 10.4 Å². The Kier molecular flexibility index (Phi) is 5.35. The van der Waals surface area contributed by atoms with Crippen molar-refractivity contribution < 1.29 is 24.0 Å². The molecule has 29 heavy (non-hydrogen) atoms. The Balaban J connectivity index is 2.12. The van der Waals surface area contributed by atoms with Crippen molar-refractivity contribution >= 4 is 23.3 Å². The molecule has 1 aromatic heterocycles. The number of nitro benzene ring substituents is 1. The number of carboxylic acids is 1. The molecule has 148 valence electrons. The quantitative estimate of drug-likeness (QED) is 0.483. The van der Waals surface area contributed by atoms with Gasteiger partial charge >= 0.3 is 5.97 Å². The van der Waals surface area contributed by atoms with Gasteiger partial charge in [-0.05, 0) is 25.1 Å². The summed E-state index contributed by atoms with van der Waals surface area (Å²) >= 11 is 0. The van der Waals surface area contributed by atoms with E-state index in [0.29, 0.717) is 0 Å². The van der Waals surface area contributed by atoms with E-state index in [4.69, 9.17) is 0 Å². The third-order valence-electron chi connectivity index (χ3n) is 4.14. The number of benzene rings is 2. The fraction of sp³-hybridized carbons (Fsp3) is 0.105. The van der Waals surface area contributed by atoms with Gasteiger partial charge in [-0.3, -0.25) is 19.6 Å². The van der Waals surface area contributed by atoms with Crippen LogP contribution in [0.4, 0.5) is 15.8 Å². The number of hydrogen-bond acceptors (Lipinski definition) is 5. The van der Waals surface area contributed by atoms with Gasteiger partial charge in [0.05, 0.1) is 4.92 Å². The van der Waals surface area contributed by atoms with Gasteiger partial charge < -0.3 is 10.4 Å². The fourth-order valence-corrected chi connectivity index (χ4v) is 2.81. The summed E-state index contributed by atoms with van der Waals surface area (Å²) in [6.45, 7) is 1.81. The second-order valence-electron chi connectivity index (χ2n) is 5.93. The Labute approximate surface area is 163 Å². The molecule has 3 aromatic rings. The van der Waals surface area contributed by atoms with Crippen molar-refractivity contribution in [2.45, 2.75) is 13.5 Å². The van der Waals surface area contributed by atoms with Crippen LogP contribution in [0.15, 0.2) is 48.5 Å². The molecular formula is C19H15FN4O5. The zero-order valence-corrected chi connectivity index (χ0v) is 15.1. The van der Waals surface area contributed by atoms with Gasteiger partial charge in [-0.2, -0.15) is 5.10 Å². The number of nitro groups is 1. The molecule has 0 saturated carbocycles. The maximum atomic E-state index is 14.3. The summed E-state index contributed by atoms with van der Waals surface area (Å²) < 4.78 is 15.5. The van der Waals surface area contributed by atoms with Crippen molar-refractivity contribution in [3.05, 3.63) is 75.7 Å². The van der Waals surface area contributed by atoms with Gasteiger partial charge in [-0.25, -0.2) is 9.18 Å². The number of carboxylic acid groups (broad SMARTS) is 1. The van der Waals surface area contributed by atoms with E-state index < -0.39 is 22.6 Å². The molecule has 0 fully saturated rings. The van der Waals surface area contributed by atoms with Crippen LogP contribution in [0.3, 0.4) is 0 Å². The average Bonchev–Trinajstić information content (AvgIpc) is 3.06. The van der Waals surface area contributed by atoms with Gasteiger partial charge in [0.1, 0.15) is 17.2 Å². The van der Waals surface area contributed by atoms with Crippen molar-refractivity contribution in [3.8, 4) is 11.3 Å². The number of aromatic nitrogens is 2. The number of nitrogens with zero attached hydrogens (tertiary/aromatic N) is 3. The molecule has 0 saturated heterocycles. The lowest BCUT2D eigenvalue weighted by molar-refractivity contribution is -0.384. The standard InChI is InChI=1S/C19H15FN4O5/c1-2-23-17(19(26)27)16(15(22-23)13-8-3-4-9-14(13)20)21-18(25)11-6-5-7-12(10-11)24(28)29/h3-10H,2H2,1H3,(H,21,25)(H,26,27). The average molecular weight is 398 g/mol. The first-order valence-corrected chi connectivity index (χ1v) is 8.48. The maximum absolute atomic E-state index is 14.3. The topological polar surface area (TPSA) is 127 Å². The molecule has 0 unspecified atom stereocenters. The minimum Gasteiger partial charge on any atom is -0.476 e. The van der Waals surface area contributed by atoms with Crippen molar-refractivity contribution in [1.29, 1.82) is 0 Å². The summed E-state index contributed by atoms with van der Waals surface area (Å²) in [7, 11) is 0. The highest BCUT2D eigenvalue weighted by Crippen LogP contribution is 2.33. The molecule has 9 nitrogen and oxygen atoms in total. The number of amides is 1. The Morgan fingerprint density at radius 1 is 1.24 bits per heavy atom. The number of aryl methyl sites for hydroxylation is 1. The minimum absolute atomic E-state index is 0.0107. The molecular weight excluding hydrogens is 383 g/mol. The van der Waals surface area contributed by atoms with Gasteiger partial charge in [0.2, 0.25) is 0 Å². The van der Waals surface area contributed by atoms with Gasteiger partial charge in [0.25, 0.3) is 11.6 Å². The van der Waals surface area contributed by atoms with Gasteiger partial charge in [0, 0.05) is 29.8 Å². The van der Waals surface area contributed by atoms with E-state index >= 15 is 0 Å². The fourth-order valence-electron chi connectivity index (χ4n) is 2.81. The number of non-ortho nitro benzene ring substituents is 1. The van der Waals surface area contributed by atoms with Crippen LogP contribution in [-0.4, -0.2) is 31.7 Å². The molecule has 2 aromatic carbocycles. The third-order valence-corrected chi connectivity index (χ3v) is 4.14. The normalized spacial score (nSPS) is 10.6. The van der Waals surface area contributed by atoms with Gasteiger partial charge in [0.15, 0.2) is 5.69 Å². The first-order valence-electron chi connectivity index (χ1n) is 8.48. The summed E-state index contributed by atoms with van der Waals surface area (Å²) in [5.41, 5.74) is -0.919. The molecule has 0 aliphatic carbocycles. The van der Waals surface area contributed by atoms with E-state index in [1.807, 2.05) is 0 Å². The molecule has 10 heteroatoms. The second-order valence-corrected chi connectivity index (χ2v) is 5.93. The summed E-state index contributed by atoms with van der Waals surface area (Å²) in [6.07, 6.45) is 0. The Bertz CT molecular complexity index is 1130. The van der Waals surface area contributed by atoms with E-state index in [1.165, 1.54) is 36.4 Å². The third kappa shape index (κ3) is 3.81. The van der Waals surface area contributed by atoms with Crippen molar-refractivity contribution in [2.24, 2.45) is 0 Å². The van der Waals surface area contributed by atoms with Crippen LogP contribution in [0.1, 0.15) is 27.8 Å². The van der Waals surface area contributed by atoms with E-state index in [-0.39, 0.29) is 40.4 Å². The lowest BCUT2D eigenvalue weighted by Crippen LogP contribution is -2.16. The van der Waals surface area contributed by atoms with E-state index in [9.17, 15) is 29.2 Å². The molecule has 0 radical (unpaired) electrons. The van der Waals surface area contributed by atoms with Crippen LogP contribution in [0.25, 0.3) is 11.3 Å². The summed E-state index contributed by atoms with van der Waals surface area (Å²) in [4.78, 5) is 34.8.